The van der Waals surface area contributed by atoms with Crippen LogP contribution >= 0.6 is 0 Å². The van der Waals surface area contributed by atoms with E-state index in [1.165, 1.54) is 0 Å². The summed E-state index contributed by atoms with van der Waals surface area (Å²) in [6.07, 6.45) is -0.487. The summed E-state index contributed by atoms with van der Waals surface area (Å²) in [7, 11) is 0. The van der Waals surface area contributed by atoms with Crippen LogP contribution < -0.4 is 5.32 Å². The molecule has 90 valence electrons. The molecule has 3 unspecified atom stereocenters. The summed E-state index contributed by atoms with van der Waals surface area (Å²) in [5.74, 6) is -0.356. The molecule has 0 heterocycles. The lowest BCUT2D eigenvalue weighted by Gasteiger charge is -2.33. The van der Waals surface area contributed by atoms with Crippen LogP contribution in [0.15, 0.2) is 36.5 Å². The largest absolute Gasteiger partial charge is 0.388 e. The highest BCUT2D eigenvalue weighted by Gasteiger charge is 2.34. The van der Waals surface area contributed by atoms with Gasteiger partial charge in [-0.15, -0.1) is 0 Å². The van der Waals surface area contributed by atoms with E-state index in [9.17, 15) is 15.0 Å². The van der Waals surface area contributed by atoms with Gasteiger partial charge in [0.15, 0.2) is 0 Å². The van der Waals surface area contributed by atoms with Crippen molar-refractivity contribution in [2.45, 2.75) is 18.6 Å². The molecule has 0 radical (unpaired) electrons. The van der Waals surface area contributed by atoms with E-state index in [0.29, 0.717) is 24.1 Å². The van der Waals surface area contributed by atoms with Gasteiger partial charge in [0, 0.05) is 11.6 Å². The highest BCUT2D eigenvalue weighted by Crippen LogP contribution is 2.41. The highest BCUT2D eigenvalue weighted by molar-refractivity contribution is 5.50. The topological polar surface area (TPSA) is 69.6 Å². The van der Waals surface area contributed by atoms with E-state index in [1.54, 1.807) is 12.1 Å². The predicted molar refractivity (Wildman–Crippen MR) is 62.8 cm³/mol. The molecule has 17 heavy (non-hydrogen) atoms. The van der Waals surface area contributed by atoms with Crippen LogP contribution in [0.3, 0.4) is 0 Å². The van der Waals surface area contributed by atoms with Gasteiger partial charge in [-0.1, -0.05) is 30.8 Å². The molecule has 3 N–H and O–H groups in total. The Kier molecular flexibility index (Phi) is 3.26. The molecule has 1 amide bonds. The summed E-state index contributed by atoms with van der Waals surface area (Å²) in [5.41, 5.74) is 1.88. The van der Waals surface area contributed by atoms with E-state index in [4.69, 9.17) is 0 Å². The average molecular weight is 233 g/mol. The van der Waals surface area contributed by atoms with Gasteiger partial charge in [-0.25, -0.2) is 0 Å². The third kappa shape index (κ3) is 2.09. The van der Waals surface area contributed by atoms with E-state index in [1.807, 2.05) is 12.1 Å². The van der Waals surface area contributed by atoms with Gasteiger partial charge in [0.05, 0.1) is 12.2 Å². The van der Waals surface area contributed by atoms with Crippen LogP contribution in [-0.4, -0.2) is 16.6 Å². The zero-order valence-electron chi connectivity index (χ0n) is 9.34. The Morgan fingerprint density at radius 3 is 2.65 bits per heavy atom. The van der Waals surface area contributed by atoms with Crippen LogP contribution in [0.5, 0.6) is 0 Å². The van der Waals surface area contributed by atoms with Crippen LogP contribution in [0.2, 0.25) is 0 Å². The molecule has 1 aliphatic rings. The molecule has 1 aromatic rings. The molecular weight excluding hydrogens is 218 g/mol. The van der Waals surface area contributed by atoms with E-state index in [-0.39, 0.29) is 5.92 Å². The third-order valence-electron chi connectivity index (χ3n) is 3.22. The third-order valence-corrected chi connectivity index (χ3v) is 3.22. The van der Waals surface area contributed by atoms with Gasteiger partial charge in [-0.05, 0) is 17.5 Å². The molecule has 0 bridgehead atoms. The molecule has 0 fully saturated rings. The molecule has 0 aromatic heterocycles. The van der Waals surface area contributed by atoms with Crippen molar-refractivity contribution in [3.05, 3.63) is 47.7 Å². The maximum absolute atomic E-state index is 10.4. The molecule has 2 rings (SSSR count). The molecule has 4 nitrogen and oxygen atoms in total. The van der Waals surface area contributed by atoms with Crippen molar-refractivity contribution in [3.63, 3.8) is 0 Å². The predicted octanol–water partition coefficient (Wildman–Crippen LogP) is 1.03. The number of fused-ring (bicyclic) bond motifs is 1. The van der Waals surface area contributed by atoms with Gasteiger partial charge in [-0.2, -0.15) is 0 Å². The molecule has 4 heteroatoms. The maximum Gasteiger partial charge on any atom is 0.211 e. The molecule has 0 saturated carbocycles. The number of aliphatic hydroxyl groups is 2. The molecular formula is C13H15NO3. The first-order valence-electron chi connectivity index (χ1n) is 5.49. The maximum atomic E-state index is 10.4. The minimum Gasteiger partial charge on any atom is -0.388 e. The monoisotopic (exact) mass is 233 g/mol. The number of nitrogens with one attached hydrogen (secondary N) is 1. The fourth-order valence-corrected chi connectivity index (χ4v) is 2.31. The Morgan fingerprint density at radius 1 is 1.35 bits per heavy atom. The van der Waals surface area contributed by atoms with Gasteiger partial charge < -0.3 is 15.5 Å². The van der Waals surface area contributed by atoms with Crippen molar-refractivity contribution in [2.24, 2.45) is 5.92 Å². The minimum absolute atomic E-state index is 0.356. The van der Waals surface area contributed by atoms with Gasteiger partial charge >= 0.3 is 0 Å². The lowest BCUT2D eigenvalue weighted by Crippen LogP contribution is -2.29. The van der Waals surface area contributed by atoms with E-state index in [2.05, 4.69) is 11.9 Å². The van der Waals surface area contributed by atoms with Crippen LogP contribution in [0.1, 0.15) is 29.8 Å². The lowest BCUT2D eigenvalue weighted by molar-refractivity contribution is -0.109. The lowest BCUT2D eigenvalue weighted by atomic mass is 9.78. The normalized spacial score (nSPS) is 27.1. The second kappa shape index (κ2) is 4.69. The number of aliphatic hydroxyl groups excluding tert-OH is 2. The quantitative estimate of drug-likeness (QED) is 0.683. The number of hydrogen-bond acceptors (Lipinski definition) is 3. The van der Waals surface area contributed by atoms with E-state index in [0.717, 1.165) is 5.56 Å². The van der Waals surface area contributed by atoms with Crippen molar-refractivity contribution in [1.29, 1.82) is 0 Å². The zero-order chi connectivity index (χ0) is 12.4. The van der Waals surface area contributed by atoms with E-state index < -0.39 is 12.2 Å². The zero-order valence-corrected chi connectivity index (χ0v) is 9.34. The summed E-state index contributed by atoms with van der Waals surface area (Å²) < 4.78 is 0. The second-order valence-corrected chi connectivity index (χ2v) is 4.22. The Bertz CT molecular complexity index is 444. The number of rotatable bonds is 3. The first kappa shape index (κ1) is 11.8. The SMILES string of the molecule is C=C(NC=O)C1CC(O)c2ccccc2C1O. The van der Waals surface area contributed by atoms with E-state index >= 15 is 0 Å². The first-order chi connectivity index (χ1) is 8.15. The molecule has 1 aromatic carbocycles. The average Bonchev–Trinajstić information content (AvgIpc) is 2.34. The Labute approximate surface area is 99.6 Å². The number of hydrogen-bond donors (Lipinski definition) is 3. The molecule has 1 aliphatic carbocycles. The number of carbonyl (C=O) groups is 1. The molecule has 0 saturated heterocycles. The Hall–Kier alpha value is -1.65. The summed E-state index contributed by atoms with van der Waals surface area (Å²) in [6, 6.07) is 7.22. The summed E-state index contributed by atoms with van der Waals surface area (Å²) in [6.45, 7) is 3.71. The Morgan fingerprint density at radius 2 is 2.00 bits per heavy atom. The minimum atomic E-state index is -0.741. The van der Waals surface area contributed by atoms with Crippen LogP contribution in [0, 0.1) is 5.92 Å². The van der Waals surface area contributed by atoms with Crippen molar-refractivity contribution >= 4 is 6.41 Å². The highest BCUT2D eigenvalue weighted by atomic mass is 16.3. The number of amides is 1. The summed E-state index contributed by atoms with van der Waals surface area (Å²) in [5, 5.41) is 22.7. The second-order valence-electron chi connectivity index (χ2n) is 4.22. The van der Waals surface area contributed by atoms with Crippen LogP contribution in [-0.2, 0) is 4.79 Å². The molecule has 0 spiro atoms. The molecule has 0 aliphatic heterocycles. The fraction of sp³-hybridized carbons (Fsp3) is 0.308. The van der Waals surface area contributed by atoms with Crippen molar-refractivity contribution in [2.75, 3.05) is 0 Å². The summed E-state index contributed by atoms with van der Waals surface area (Å²) in [4.78, 5) is 10.4. The number of carbonyl (C=O) groups excluding carboxylic acids is 1. The molecule has 3 atom stereocenters. The van der Waals surface area contributed by atoms with Crippen molar-refractivity contribution in [3.8, 4) is 0 Å². The standard InChI is InChI=1S/C13H15NO3/c1-8(14-7-15)11-6-12(16)9-4-2-3-5-10(9)13(11)17/h2-5,7,11-13,16-17H,1,6H2,(H,14,15). The van der Waals surface area contributed by atoms with Crippen LogP contribution in [0.4, 0.5) is 0 Å². The smallest absolute Gasteiger partial charge is 0.211 e. The van der Waals surface area contributed by atoms with Gasteiger partial charge in [0.25, 0.3) is 0 Å². The van der Waals surface area contributed by atoms with Gasteiger partial charge in [0.2, 0.25) is 6.41 Å². The fourth-order valence-electron chi connectivity index (χ4n) is 2.31. The summed E-state index contributed by atoms with van der Waals surface area (Å²) >= 11 is 0. The van der Waals surface area contributed by atoms with Crippen molar-refractivity contribution < 1.29 is 15.0 Å². The van der Waals surface area contributed by atoms with Gasteiger partial charge in [-0.3, -0.25) is 4.79 Å². The van der Waals surface area contributed by atoms with Gasteiger partial charge in [0.1, 0.15) is 0 Å². The Balaban J connectivity index is 2.32. The number of benzene rings is 1. The van der Waals surface area contributed by atoms with Crippen LogP contribution in [0.25, 0.3) is 0 Å². The first-order valence-corrected chi connectivity index (χ1v) is 5.49. The van der Waals surface area contributed by atoms with Crippen molar-refractivity contribution in [1.82, 2.24) is 5.32 Å².